The zero-order valence-electron chi connectivity index (χ0n) is 28.5. The lowest BCUT2D eigenvalue weighted by Crippen LogP contribution is -2.64. The summed E-state index contributed by atoms with van der Waals surface area (Å²) in [5.41, 5.74) is 0.571. The molecule has 6 atom stereocenters. The number of rotatable bonds is 12. The average Bonchev–Trinajstić information content (AvgIpc) is 3.53. The summed E-state index contributed by atoms with van der Waals surface area (Å²) >= 11 is 0. The molecule has 1 saturated carbocycles. The van der Waals surface area contributed by atoms with E-state index in [2.05, 4.69) is 20.9 Å². The van der Waals surface area contributed by atoms with E-state index in [0.29, 0.717) is 24.8 Å². The SMILES string of the molecule is CC(C)(C)NC(=O)C1CC2CCCCC2CN1CC(O)C(Cc1ccccc1)NC(=O)C(NC(=O)c1ccoc1)C(C)(C)S(C)(=O)=O. The normalized spacial score (nSPS) is 22.7. The highest BCUT2D eigenvalue weighted by Gasteiger charge is 2.46. The molecular formula is C35H52N4O7S. The van der Waals surface area contributed by atoms with Crippen molar-refractivity contribution in [2.75, 3.05) is 19.3 Å². The average molecular weight is 673 g/mol. The van der Waals surface area contributed by atoms with Gasteiger partial charge in [-0.05, 0) is 77.3 Å². The van der Waals surface area contributed by atoms with E-state index in [1.807, 2.05) is 51.1 Å². The Labute approximate surface area is 279 Å². The molecule has 4 rings (SSSR count). The molecule has 12 heteroatoms. The number of carbonyl (C=O) groups is 3. The highest BCUT2D eigenvalue weighted by Crippen LogP contribution is 2.39. The van der Waals surface area contributed by atoms with Gasteiger partial charge in [-0.3, -0.25) is 19.3 Å². The lowest BCUT2D eigenvalue weighted by atomic mass is 9.72. The van der Waals surface area contributed by atoms with Crippen molar-refractivity contribution >= 4 is 27.6 Å². The molecule has 0 radical (unpaired) electrons. The molecule has 3 amide bonds. The fourth-order valence-electron chi connectivity index (χ4n) is 6.79. The second-order valence-corrected chi connectivity index (χ2v) is 17.5. The number of hydrogen-bond donors (Lipinski definition) is 4. The first-order chi connectivity index (χ1) is 22.0. The summed E-state index contributed by atoms with van der Waals surface area (Å²) in [6.45, 7) is 9.41. The Hall–Kier alpha value is -3.22. The molecule has 1 aromatic carbocycles. The number of fused-ring (bicyclic) bond motifs is 1. The van der Waals surface area contributed by atoms with E-state index in [9.17, 15) is 27.9 Å². The molecule has 0 bridgehead atoms. The first kappa shape index (κ1) is 36.6. The van der Waals surface area contributed by atoms with Gasteiger partial charge < -0.3 is 25.5 Å². The van der Waals surface area contributed by atoms with E-state index in [-0.39, 0.29) is 24.4 Å². The summed E-state index contributed by atoms with van der Waals surface area (Å²) in [5.74, 6) is -0.612. The van der Waals surface area contributed by atoms with Gasteiger partial charge in [0.2, 0.25) is 11.8 Å². The highest BCUT2D eigenvalue weighted by atomic mass is 32.2. The predicted molar refractivity (Wildman–Crippen MR) is 180 cm³/mol. The number of likely N-dealkylation sites (tertiary alicyclic amines) is 1. The Morgan fingerprint density at radius 1 is 1.00 bits per heavy atom. The molecule has 47 heavy (non-hydrogen) atoms. The lowest BCUT2D eigenvalue weighted by molar-refractivity contribution is -0.133. The maximum absolute atomic E-state index is 14.1. The van der Waals surface area contributed by atoms with Crippen molar-refractivity contribution < 1.29 is 32.3 Å². The number of β-amino-alcohol motifs (C(OH)–C–C–N with tert-alkyl or cyclic N) is 1. The quantitative estimate of drug-likeness (QED) is 0.268. The van der Waals surface area contributed by atoms with Crippen LogP contribution in [0.3, 0.4) is 0 Å². The van der Waals surface area contributed by atoms with Crippen molar-refractivity contribution in [3.05, 3.63) is 60.1 Å². The van der Waals surface area contributed by atoms with E-state index in [1.165, 1.54) is 32.4 Å². The van der Waals surface area contributed by atoms with E-state index >= 15 is 0 Å². The van der Waals surface area contributed by atoms with Crippen molar-refractivity contribution in [3.63, 3.8) is 0 Å². The molecule has 2 aliphatic rings. The van der Waals surface area contributed by atoms with Crippen LogP contribution < -0.4 is 16.0 Å². The van der Waals surface area contributed by atoms with Crippen molar-refractivity contribution in [2.45, 2.75) is 108 Å². The fraction of sp³-hybridized carbons (Fsp3) is 0.629. The molecule has 2 aromatic rings. The molecule has 1 saturated heterocycles. The van der Waals surface area contributed by atoms with E-state index in [0.717, 1.165) is 37.5 Å². The van der Waals surface area contributed by atoms with E-state index in [1.54, 1.807) is 0 Å². The van der Waals surface area contributed by atoms with Gasteiger partial charge in [-0.1, -0.05) is 49.6 Å². The van der Waals surface area contributed by atoms with Crippen LogP contribution in [0.15, 0.2) is 53.3 Å². The van der Waals surface area contributed by atoms with Gasteiger partial charge in [0.15, 0.2) is 9.84 Å². The van der Waals surface area contributed by atoms with E-state index < -0.39 is 56.2 Å². The number of aliphatic hydroxyl groups excluding tert-OH is 1. The summed E-state index contributed by atoms with van der Waals surface area (Å²) in [7, 11) is -3.86. The molecule has 11 nitrogen and oxygen atoms in total. The zero-order chi connectivity index (χ0) is 34.6. The molecule has 4 N–H and O–H groups in total. The summed E-state index contributed by atoms with van der Waals surface area (Å²) in [6, 6.07) is 8.01. The first-order valence-electron chi connectivity index (χ1n) is 16.6. The molecule has 6 unspecified atom stereocenters. The van der Waals surface area contributed by atoms with Crippen LogP contribution >= 0.6 is 0 Å². The van der Waals surface area contributed by atoms with Gasteiger partial charge in [0.25, 0.3) is 5.91 Å². The molecule has 1 aliphatic carbocycles. The van der Waals surface area contributed by atoms with Crippen LogP contribution in [-0.2, 0) is 25.8 Å². The molecule has 2 heterocycles. The molecule has 2 fully saturated rings. The lowest BCUT2D eigenvalue weighted by Gasteiger charge is -2.47. The van der Waals surface area contributed by atoms with Crippen LogP contribution in [0.4, 0.5) is 0 Å². The molecule has 0 spiro atoms. The third kappa shape index (κ3) is 9.45. The number of hydrogen-bond acceptors (Lipinski definition) is 8. The van der Waals surface area contributed by atoms with Crippen LogP contribution in [0, 0.1) is 11.8 Å². The number of piperidine rings is 1. The van der Waals surface area contributed by atoms with E-state index in [4.69, 9.17) is 4.42 Å². The number of carbonyl (C=O) groups excluding carboxylic acids is 3. The number of aliphatic hydroxyl groups is 1. The number of nitrogens with one attached hydrogen (secondary N) is 3. The van der Waals surface area contributed by atoms with Crippen molar-refractivity contribution in [3.8, 4) is 0 Å². The van der Waals surface area contributed by atoms with Crippen molar-refractivity contribution in [2.24, 2.45) is 11.8 Å². The number of benzene rings is 1. The van der Waals surface area contributed by atoms with Crippen molar-refractivity contribution in [1.29, 1.82) is 0 Å². The second kappa shape index (κ2) is 14.9. The Morgan fingerprint density at radius 3 is 2.26 bits per heavy atom. The summed E-state index contributed by atoms with van der Waals surface area (Å²) < 4.78 is 29.1. The smallest absolute Gasteiger partial charge is 0.255 e. The number of nitrogens with zero attached hydrogens (tertiary/aromatic N) is 1. The van der Waals surface area contributed by atoms with Gasteiger partial charge in [-0.15, -0.1) is 0 Å². The van der Waals surface area contributed by atoms with Gasteiger partial charge >= 0.3 is 0 Å². The number of furan rings is 1. The Morgan fingerprint density at radius 2 is 1.66 bits per heavy atom. The third-order valence-corrected chi connectivity index (χ3v) is 11.9. The van der Waals surface area contributed by atoms with Gasteiger partial charge in [0, 0.05) is 24.9 Å². The van der Waals surface area contributed by atoms with Gasteiger partial charge in [0.1, 0.15) is 12.3 Å². The third-order valence-electron chi connectivity index (χ3n) is 9.79. The second-order valence-electron chi connectivity index (χ2n) is 14.9. The standard InChI is InChI=1S/C35H52N4O7S/c1-34(2,3)38-32(42)28-19-24-14-10-11-15-25(24)20-39(28)21-29(40)27(18-23-12-8-7-9-13-23)36-33(43)30(35(4,5)47(6,44)45)37-31(41)26-16-17-46-22-26/h7-9,12-13,16-17,22,24-25,27-30,40H,10-11,14-15,18-21H2,1-6H3,(H,36,43)(H,37,41)(H,38,42). The topological polar surface area (TPSA) is 158 Å². The van der Waals surface area contributed by atoms with Crippen LogP contribution in [0.1, 0.15) is 82.6 Å². The minimum Gasteiger partial charge on any atom is -0.472 e. The Kier molecular flexibility index (Phi) is 11.6. The van der Waals surface area contributed by atoms with Crippen LogP contribution in [0.2, 0.25) is 0 Å². The Balaban J connectivity index is 1.62. The Bertz CT molecular complexity index is 1470. The maximum atomic E-state index is 14.1. The summed E-state index contributed by atoms with van der Waals surface area (Å²) in [4.78, 5) is 42.8. The monoisotopic (exact) mass is 672 g/mol. The molecule has 1 aromatic heterocycles. The minimum absolute atomic E-state index is 0.0747. The number of amides is 3. The predicted octanol–water partition coefficient (Wildman–Crippen LogP) is 3.09. The maximum Gasteiger partial charge on any atom is 0.255 e. The summed E-state index contributed by atoms with van der Waals surface area (Å²) in [5, 5.41) is 20.5. The molecular weight excluding hydrogens is 620 g/mol. The zero-order valence-corrected chi connectivity index (χ0v) is 29.3. The molecule has 1 aliphatic heterocycles. The van der Waals surface area contributed by atoms with Crippen molar-refractivity contribution in [1.82, 2.24) is 20.9 Å². The molecule has 260 valence electrons. The largest absolute Gasteiger partial charge is 0.472 e. The highest BCUT2D eigenvalue weighted by molar-refractivity contribution is 7.92. The summed E-state index contributed by atoms with van der Waals surface area (Å²) in [6.07, 6.45) is 7.85. The minimum atomic E-state index is -3.86. The van der Waals surface area contributed by atoms with Crippen LogP contribution in [-0.4, -0.2) is 90.0 Å². The van der Waals surface area contributed by atoms with Crippen LogP contribution in [0.5, 0.6) is 0 Å². The van der Waals surface area contributed by atoms with Gasteiger partial charge in [-0.25, -0.2) is 8.42 Å². The fourth-order valence-corrected chi connectivity index (χ4v) is 7.38. The van der Waals surface area contributed by atoms with Crippen LogP contribution in [0.25, 0.3) is 0 Å². The van der Waals surface area contributed by atoms with Gasteiger partial charge in [-0.2, -0.15) is 0 Å². The van der Waals surface area contributed by atoms with Gasteiger partial charge in [0.05, 0.1) is 34.8 Å². The number of sulfone groups is 1. The first-order valence-corrected chi connectivity index (χ1v) is 18.5.